The molecular formula is C47H56ClN7O6. The highest BCUT2D eigenvalue weighted by atomic mass is 35.5. The van der Waals surface area contributed by atoms with Crippen LogP contribution in [0.2, 0.25) is 5.15 Å². The number of hydrogen-bond acceptors (Lipinski definition) is 8. The second-order valence-corrected chi connectivity index (χ2v) is 17.6. The van der Waals surface area contributed by atoms with Crippen LogP contribution in [0.1, 0.15) is 91.1 Å². The minimum Gasteiger partial charge on any atom is -0.453 e. The number of halogens is 1. The fourth-order valence-electron chi connectivity index (χ4n) is 9.02. The van der Waals surface area contributed by atoms with E-state index >= 15 is 0 Å². The molecule has 4 heterocycles. The number of imidazole rings is 1. The lowest BCUT2D eigenvalue weighted by atomic mass is 9.94. The van der Waals surface area contributed by atoms with Gasteiger partial charge in [0.25, 0.3) is 0 Å². The van der Waals surface area contributed by atoms with Crippen molar-refractivity contribution in [3.63, 3.8) is 0 Å². The maximum Gasteiger partial charge on any atom is 0.407 e. The maximum atomic E-state index is 13.8. The molecule has 14 heteroatoms. The molecule has 7 rings (SSSR count). The van der Waals surface area contributed by atoms with E-state index in [9.17, 15) is 19.2 Å². The molecule has 3 aliphatic rings. The zero-order chi connectivity index (χ0) is 43.7. The molecule has 4 amide bonds. The van der Waals surface area contributed by atoms with E-state index in [4.69, 9.17) is 31.1 Å². The van der Waals surface area contributed by atoms with E-state index in [0.29, 0.717) is 29.5 Å². The normalized spacial score (nSPS) is 21.1. The molecule has 13 nitrogen and oxygen atoms in total. The number of carbonyl (C=O) groups excluding carboxylic acids is 4. The molecule has 1 aromatic heterocycles. The monoisotopic (exact) mass is 849 g/mol. The number of nitrogens with one attached hydrogen (secondary N) is 3. The van der Waals surface area contributed by atoms with Crippen molar-refractivity contribution in [2.45, 2.75) is 110 Å². The number of rotatable bonds is 11. The first-order valence-corrected chi connectivity index (χ1v) is 21.6. The van der Waals surface area contributed by atoms with E-state index in [0.717, 1.165) is 63.6 Å². The molecule has 61 heavy (non-hydrogen) atoms. The number of aromatic nitrogens is 2. The van der Waals surface area contributed by atoms with E-state index in [1.54, 1.807) is 0 Å². The van der Waals surface area contributed by atoms with Gasteiger partial charge in [-0.05, 0) is 96.5 Å². The van der Waals surface area contributed by atoms with Gasteiger partial charge in [-0.1, -0.05) is 87.8 Å². The fourth-order valence-corrected chi connectivity index (χ4v) is 9.27. The van der Waals surface area contributed by atoms with Crippen molar-refractivity contribution in [1.82, 2.24) is 30.4 Å². The lowest BCUT2D eigenvalue weighted by Gasteiger charge is -2.33. The summed E-state index contributed by atoms with van der Waals surface area (Å²) in [6.45, 7) is 11.7. The van der Waals surface area contributed by atoms with Gasteiger partial charge in [-0.25, -0.2) is 14.6 Å². The van der Waals surface area contributed by atoms with E-state index in [2.05, 4.69) is 71.1 Å². The number of likely N-dealkylation sites (tertiary alicyclic amines) is 2. The van der Waals surface area contributed by atoms with Crippen molar-refractivity contribution >= 4 is 57.7 Å². The number of allylic oxidation sites excluding steroid dienone is 1. The molecule has 3 aliphatic heterocycles. The van der Waals surface area contributed by atoms with Crippen LogP contribution in [0.4, 0.5) is 9.59 Å². The number of carbonyl (C=O) groups is 4. The standard InChI is InChI=1S/C47H56ClN7O6/c1-25(2)39(51-46(58)60-7)44(56)54-27(5)9-19-37(54)36-23-35(24-49-36)34-18-17-32-21-31(15-16-33(32)22-34)29-11-13-30(14-12-29)41-42(48)53-43(50-41)38-20-10-28(6)55(38)45(57)40(26(3)4)52-47(59)61-8/h11-18,21-22,24-28,37-40H,9-10,19-20,23H2,1-8H3,(H,50,53)(H,51,58)(H,52,59)/t27-,28-,37-,38-,39-,40-/m0/s1. The van der Waals surface area contributed by atoms with Crippen LogP contribution in [-0.2, 0) is 19.1 Å². The highest BCUT2D eigenvalue weighted by Gasteiger charge is 2.43. The van der Waals surface area contributed by atoms with Gasteiger partial charge in [0, 0.05) is 36.0 Å². The molecule has 0 aliphatic carbocycles. The number of fused-ring (bicyclic) bond motifs is 1. The van der Waals surface area contributed by atoms with E-state index < -0.39 is 24.3 Å². The molecular weight excluding hydrogens is 794 g/mol. The molecule has 3 N–H and O–H groups in total. The van der Waals surface area contributed by atoms with E-state index in [1.807, 2.05) is 62.8 Å². The van der Waals surface area contributed by atoms with Gasteiger partial charge in [0.15, 0.2) is 0 Å². The number of aromatic amines is 1. The van der Waals surface area contributed by atoms with Gasteiger partial charge in [0.1, 0.15) is 28.8 Å². The lowest BCUT2D eigenvalue weighted by molar-refractivity contribution is -0.137. The zero-order valence-corrected chi connectivity index (χ0v) is 36.9. The molecule has 0 unspecified atom stereocenters. The number of ether oxygens (including phenoxy) is 2. The van der Waals surface area contributed by atoms with Gasteiger partial charge in [-0.15, -0.1) is 0 Å². The summed E-state index contributed by atoms with van der Waals surface area (Å²) in [5.41, 5.74) is 6.74. The molecule has 4 aromatic rings. The quantitative estimate of drug-likeness (QED) is 0.136. The third kappa shape index (κ3) is 8.89. The largest absolute Gasteiger partial charge is 0.453 e. The Kier molecular flexibility index (Phi) is 12.9. The Morgan fingerprint density at radius 3 is 1.75 bits per heavy atom. The van der Waals surface area contributed by atoms with Crippen LogP contribution < -0.4 is 10.6 Å². The Morgan fingerprint density at radius 1 is 0.705 bits per heavy atom. The summed E-state index contributed by atoms with van der Waals surface area (Å²) < 4.78 is 9.60. The summed E-state index contributed by atoms with van der Waals surface area (Å²) in [7, 11) is 2.59. The minimum atomic E-state index is -0.738. The Morgan fingerprint density at radius 2 is 1.20 bits per heavy atom. The molecule has 0 bridgehead atoms. The Bertz CT molecular complexity index is 2370. The van der Waals surface area contributed by atoms with Gasteiger partial charge in [0.05, 0.1) is 26.3 Å². The van der Waals surface area contributed by atoms with Gasteiger partial charge in [-0.3, -0.25) is 14.6 Å². The highest BCUT2D eigenvalue weighted by molar-refractivity contribution is 6.32. The molecule has 0 radical (unpaired) electrons. The summed E-state index contributed by atoms with van der Waals surface area (Å²) >= 11 is 6.77. The summed E-state index contributed by atoms with van der Waals surface area (Å²) in [4.78, 5) is 68.6. The first-order chi connectivity index (χ1) is 29.2. The molecule has 2 fully saturated rings. The summed E-state index contributed by atoms with van der Waals surface area (Å²) in [5.74, 6) is 0.0831. The van der Waals surface area contributed by atoms with Crippen LogP contribution in [0.25, 0.3) is 38.7 Å². The van der Waals surface area contributed by atoms with Gasteiger partial charge >= 0.3 is 12.2 Å². The number of methoxy groups -OCH3 is 2. The van der Waals surface area contributed by atoms with Crippen molar-refractivity contribution in [2.24, 2.45) is 16.8 Å². The van der Waals surface area contributed by atoms with E-state index in [1.165, 1.54) is 14.2 Å². The number of hydrogen-bond donors (Lipinski definition) is 3. The molecule has 0 saturated carbocycles. The van der Waals surface area contributed by atoms with Crippen molar-refractivity contribution in [1.29, 1.82) is 0 Å². The van der Waals surface area contributed by atoms with Crippen molar-refractivity contribution < 1.29 is 28.7 Å². The molecule has 3 aromatic carbocycles. The Hall–Kier alpha value is -5.69. The van der Waals surface area contributed by atoms with E-state index in [-0.39, 0.29) is 47.8 Å². The summed E-state index contributed by atoms with van der Waals surface area (Å²) in [5, 5.41) is 8.06. The number of benzene rings is 3. The molecule has 2 saturated heterocycles. The molecule has 0 spiro atoms. The van der Waals surface area contributed by atoms with Crippen LogP contribution in [0.15, 0.2) is 71.9 Å². The maximum absolute atomic E-state index is 13.8. The number of alkyl carbamates (subject to hydrolysis) is 2. The lowest BCUT2D eigenvalue weighted by Crippen LogP contribution is -2.55. The summed E-state index contributed by atoms with van der Waals surface area (Å²) in [6, 6.07) is 19.2. The van der Waals surface area contributed by atoms with Crippen LogP contribution in [0.3, 0.4) is 0 Å². The third-order valence-corrected chi connectivity index (χ3v) is 12.7. The third-order valence-electron chi connectivity index (χ3n) is 12.5. The topological polar surface area (TPSA) is 158 Å². The fraction of sp³-hybridized carbons (Fsp3) is 0.447. The average molecular weight is 850 g/mol. The van der Waals surface area contributed by atoms with Crippen molar-refractivity contribution in [2.75, 3.05) is 14.2 Å². The number of H-pyrrole nitrogens is 1. The van der Waals surface area contributed by atoms with Gasteiger partial charge in [0.2, 0.25) is 11.8 Å². The smallest absolute Gasteiger partial charge is 0.407 e. The van der Waals surface area contributed by atoms with Crippen LogP contribution in [0.5, 0.6) is 0 Å². The van der Waals surface area contributed by atoms with Crippen LogP contribution in [0, 0.1) is 11.8 Å². The highest BCUT2D eigenvalue weighted by Crippen LogP contribution is 2.39. The number of nitrogens with zero attached hydrogens (tertiary/aromatic N) is 4. The second kappa shape index (κ2) is 18.1. The van der Waals surface area contributed by atoms with Crippen molar-refractivity contribution in [3.8, 4) is 22.4 Å². The van der Waals surface area contributed by atoms with Gasteiger partial charge in [-0.2, -0.15) is 0 Å². The zero-order valence-electron chi connectivity index (χ0n) is 36.1. The van der Waals surface area contributed by atoms with Gasteiger partial charge < -0.3 is 34.9 Å². The van der Waals surface area contributed by atoms with Crippen LogP contribution >= 0.6 is 11.6 Å². The predicted molar refractivity (Wildman–Crippen MR) is 238 cm³/mol. The van der Waals surface area contributed by atoms with Crippen molar-refractivity contribution in [3.05, 3.63) is 83.4 Å². The second-order valence-electron chi connectivity index (χ2n) is 17.2. The number of aliphatic imine (C=N–C) groups is 1. The Balaban J connectivity index is 1.03. The summed E-state index contributed by atoms with van der Waals surface area (Å²) in [6.07, 6.45) is 4.52. The Labute approximate surface area is 362 Å². The minimum absolute atomic E-state index is 0.0328. The predicted octanol–water partition coefficient (Wildman–Crippen LogP) is 8.93. The first kappa shape index (κ1) is 43.4. The number of amides is 4. The average Bonchev–Trinajstić information content (AvgIpc) is 4.06. The molecule has 322 valence electrons. The molecule has 6 atom stereocenters. The van der Waals surface area contributed by atoms with Crippen LogP contribution in [-0.4, -0.2) is 93.9 Å². The first-order valence-electron chi connectivity index (χ1n) is 21.2. The SMILES string of the molecule is COC(=O)N[C@H](C(=O)N1[C@@H](C)CC[C@H]1C1=NC=C(c2ccc3cc(-c4ccc(-c5nc([C@@H]6CC[C@H](C)N6C(=O)[C@@H](NC(=O)OC)C(C)C)[nH]c5Cl)cc4)ccc3c2)C1)C(C)C.